The third-order valence-electron chi connectivity index (χ3n) is 7.83. The van der Waals surface area contributed by atoms with Crippen molar-refractivity contribution in [3.05, 3.63) is 33.1 Å². The van der Waals surface area contributed by atoms with E-state index >= 15 is 0 Å². The lowest BCUT2D eigenvalue weighted by molar-refractivity contribution is -0.248. The Bertz CT molecular complexity index is 1550. The highest BCUT2D eigenvalue weighted by molar-refractivity contribution is 7.62. The molecule has 2 fully saturated rings. The molecule has 9 N–H and O–H groups in total. The minimum Gasteiger partial charge on any atom is -0.449 e. The lowest BCUT2D eigenvalue weighted by Crippen LogP contribution is -2.64. The van der Waals surface area contributed by atoms with Crippen molar-refractivity contribution < 1.29 is 86.0 Å². The summed E-state index contributed by atoms with van der Waals surface area (Å²) in [7, 11) is -8.53. The van der Waals surface area contributed by atoms with E-state index < -0.39 is 107 Å². The number of rotatable bonds is 21. The van der Waals surface area contributed by atoms with Crippen LogP contribution in [0.4, 0.5) is 4.79 Å². The van der Waals surface area contributed by atoms with Crippen molar-refractivity contribution in [2.24, 2.45) is 0 Å². The number of carbonyl (C=O) groups is 2. The molecule has 1 aromatic rings. The van der Waals surface area contributed by atoms with Gasteiger partial charge >= 0.3 is 27.4 Å². The zero-order valence-corrected chi connectivity index (χ0v) is 30.5. The number of nitrogens with zero attached hydrogens (tertiary/aromatic N) is 1. The second kappa shape index (κ2) is 20.9. The average Bonchev–Trinajstić information content (AvgIpc) is 3.40. The second-order valence-corrected chi connectivity index (χ2v) is 15.2. The van der Waals surface area contributed by atoms with Crippen LogP contribution < -0.4 is 21.9 Å². The molecular weight excluding hydrogens is 762 g/mol. The SMILES string of the molecule is COP(=O)(OCC1OC(n2ccc(=O)[nH]c2=O)C(O)C1O)OP(=O)(OC)O[C@H]1OC(CO)[C@@H](O)[C@H](O)C1NC(=O)CCCCCNC(=O)OCCCO. The Morgan fingerprint density at radius 2 is 1.62 bits per heavy atom. The van der Waals surface area contributed by atoms with Crippen LogP contribution in [0.1, 0.15) is 38.3 Å². The molecule has 304 valence electrons. The van der Waals surface area contributed by atoms with Crippen LogP contribution in [0.5, 0.6) is 0 Å². The molecule has 11 atom stereocenters. The van der Waals surface area contributed by atoms with Crippen molar-refractivity contribution in [1.29, 1.82) is 0 Å². The first kappa shape index (κ1) is 44.8. The number of unbranched alkanes of at least 4 members (excludes halogenated alkanes) is 2. The molecule has 0 aliphatic carbocycles. The first-order valence-electron chi connectivity index (χ1n) is 16.2. The summed E-state index contributed by atoms with van der Waals surface area (Å²) in [6.07, 6.45) is -11.9. The highest BCUT2D eigenvalue weighted by Gasteiger charge is 2.51. The van der Waals surface area contributed by atoms with Gasteiger partial charge in [0, 0.05) is 52.5 Å². The fourth-order valence-electron chi connectivity index (χ4n) is 4.99. The van der Waals surface area contributed by atoms with E-state index in [0.29, 0.717) is 25.7 Å². The van der Waals surface area contributed by atoms with Gasteiger partial charge < -0.3 is 55.5 Å². The number of nitrogens with one attached hydrogen (secondary N) is 3. The fourth-order valence-corrected chi connectivity index (χ4v) is 7.80. The van der Waals surface area contributed by atoms with Gasteiger partial charge in [0.2, 0.25) is 5.91 Å². The molecule has 53 heavy (non-hydrogen) atoms. The normalized spacial score (nSPS) is 29.5. The van der Waals surface area contributed by atoms with Crippen molar-refractivity contribution in [3.8, 4) is 0 Å². The maximum Gasteiger partial charge on any atom is 0.485 e. The molecule has 2 saturated heterocycles. The number of hydrogen-bond acceptors (Lipinski definition) is 20. The summed E-state index contributed by atoms with van der Waals surface area (Å²) in [5.41, 5.74) is -1.71. The standard InChI is InChI=1S/C27H46N4O20P2/c1-44-52(42,47-14-16-21(37)23(39)24(48-16)31-10-8-18(35)30-26(31)40)51-53(43,45-2)50-25-19(22(38)20(36)15(13-33)49-25)29-17(34)7-4-3-5-9-28-27(41)46-12-6-11-32/h8,10,15-16,19-25,32-33,36-39H,3-7,9,11-14H2,1-2H3,(H,28,41)(H,29,34)(H,30,35,40)/t15?,16?,19?,20-,21?,22-,23?,24?,25-,52?,53?/m1/s1. The molecule has 3 heterocycles. The zero-order chi connectivity index (χ0) is 39.3. The van der Waals surface area contributed by atoms with Crippen LogP contribution in [0.15, 0.2) is 21.9 Å². The lowest BCUT2D eigenvalue weighted by atomic mass is 9.97. The smallest absolute Gasteiger partial charge is 0.449 e. The second-order valence-electron chi connectivity index (χ2n) is 11.6. The molecule has 2 aliphatic heterocycles. The van der Waals surface area contributed by atoms with Crippen LogP contribution in [0.25, 0.3) is 0 Å². The maximum absolute atomic E-state index is 13.6. The van der Waals surface area contributed by atoms with E-state index in [4.69, 9.17) is 41.7 Å². The monoisotopic (exact) mass is 808 g/mol. The maximum atomic E-state index is 13.6. The van der Waals surface area contributed by atoms with Crippen molar-refractivity contribution >= 4 is 27.6 Å². The van der Waals surface area contributed by atoms with Crippen molar-refractivity contribution in [2.45, 2.75) is 87.3 Å². The first-order chi connectivity index (χ1) is 25.1. The summed E-state index contributed by atoms with van der Waals surface area (Å²) in [4.78, 5) is 49.8. The highest BCUT2D eigenvalue weighted by atomic mass is 31.3. The van der Waals surface area contributed by atoms with E-state index in [1.54, 1.807) is 0 Å². The van der Waals surface area contributed by atoms with Gasteiger partial charge in [0.15, 0.2) is 12.5 Å². The summed E-state index contributed by atoms with van der Waals surface area (Å²) in [6.45, 7) is -1.56. The van der Waals surface area contributed by atoms with Crippen LogP contribution in [-0.4, -0.2) is 148 Å². The minimum atomic E-state index is -5.13. The molecule has 8 unspecified atom stereocenters. The van der Waals surface area contributed by atoms with Gasteiger partial charge in [0.25, 0.3) is 5.56 Å². The Balaban J connectivity index is 1.62. The molecule has 26 heteroatoms. The number of hydrogen-bond donors (Lipinski definition) is 9. The topological polar surface area (TPSA) is 342 Å². The van der Waals surface area contributed by atoms with E-state index in [9.17, 15) is 53.8 Å². The number of ether oxygens (including phenoxy) is 3. The molecule has 3 rings (SSSR count). The van der Waals surface area contributed by atoms with E-state index in [2.05, 4.69) is 10.6 Å². The number of phosphoric acid groups is 2. The van der Waals surface area contributed by atoms with Gasteiger partial charge in [-0.2, -0.15) is 4.31 Å². The number of aromatic nitrogens is 2. The summed E-state index contributed by atoms with van der Waals surface area (Å²) in [5.74, 6) is -0.684. The number of aromatic amines is 1. The Morgan fingerprint density at radius 3 is 2.26 bits per heavy atom. The molecule has 0 bridgehead atoms. The number of aliphatic hydroxyl groups excluding tert-OH is 6. The van der Waals surface area contributed by atoms with Crippen LogP contribution >= 0.6 is 15.6 Å². The molecule has 2 aliphatic rings. The van der Waals surface area contributed by atoms with Crippen molar-refractivity contribution in [2.75, 3.05) is 47.2 Å². The average molecular weight is 809 g/mol. The molecular formula is C27H46N4O20P2. The van der Waals surface area contributed by atoms with Crippen LogP contribution in [0.3, 0.4) is 0 Å². The van der Waals surface area contributed by atoms with Crippen LogP contribution in [0, 0.1) is 0 Å². The first-order valence-corrected chi connectivity index (χ1v) is 19.1. The van der Waals surface area contributed by atoms with E-state index in [1.807, 2.05) is 4.98 Å². The zero-order valence-electron chi connectivity index (χ0n) is 28.7. The molecule has 0 radical (unpaired) electrons. The molecule has 1 aromatic heterocycles. The summed E-state index contributed by atoms with van der Waals surface area (Å²) >= 11 is 0. The lowest BCUT2D eigenvalue weighted by Gasteiger charge is -2.42. The van der Waals surface area contributed by atoms with Gasteiger partial charge in [-0.3, -0.25) is 37.2 Å². The molecule has 0 spiro atoms. The van der Waals surface area contributed by atoms with E-state index in [1.165, 1.54) is 0 Å². The Kier molecular flexibility index (Phi) is 17.6. The van der Waals surface area contributed by atoms with Crippen LogP contribution in [0.2, 0.25) is 0 Å². The van der Waals surface area contributed by atoms with Gasteiger partial charge in [0.05, 0.1) is 19.8 Å². The Morgan fingerprint density at radius 1 is 0.925 bits per heavy atom. The number of aliphatic hydroxyl groups is 6. The number of amides is 2. The van der Waals surface area contributed by atoms with E-state index in [-0.39, 0.29) is 26.2 Å². The molecule has 2 amide bonds. The number of phosphoric ester groups is 2. The predicted molar refractivity (Wildman–Crippen MR) is 174 cm³/mol. The van der Waals surface area contributed by atoms with Crippen LogP contribution in [-0.2, 0) is 50.5 Å². The number of carbonyl (C=O) groups excluding carboxylic acids is 2. The molecule has 24 nitrogen and oxygen atoms in total. The van der Waals surface area contributed by atoms with Gasteiger partial charge in [-0.05, 0) is 12.8 Å². The van der Waals surface area contributed by atoms with Gasteiger partial charge in [0.1, 0.15) is 42.7 Å². The fraction of sp³-hybridized carbons (Fsp3) is 0.778. The summed E-state index contributed by atoms with van der Waals surface area (Å²) in [5, 5.41) is 65.4. The third kappa shape index (κ3) is 12.7. The summed E-state index contributed by atoms with van der Waals surface area (Å²) in [6, 6.07) is -0.702. The third-order valence-corrected chi connectivity index (χ3v) is 11.3. The van der Waals surface area contributed by atoms with Crippen molar-refractivity contribution in [1.82, 2.24) is 20.2 Å². The quantitative estimate of drug-likeness (QED) is 0.0451. The van der Waals surface area contributed by atoms with Gasteiger partial charge in [-0.25, -0.2) is 18.7 Å². The van der Waals surface area contributed by atoms with E-state index in [0.717, 1.165) is 31.0 Å². The van der Waals surface area contributed by atoms with Crippen molar-refractivity contribution in [3.63, 3.8) is 0 Å². The Hall–Kier alpha value is -2.64. The highest BCUT2D eigenvalue weighted by Crippen LogP contribution is 2.66. The van der Waals surface area contributed by atoms with Gasteiger partial charge in [-0.15, -0.1) is 0 Å². The molecule has 0 aromatic carbocycles. The minimum absolute atomic E-state index is 0.0584. The Labute approximate surface area is 301 Å². The molecule has 0 saturated carbocycles. The largest absolute Gasteiger partial charge is 0.485 e. The number of H-pyrrole nitrogens is 1. The summed E-state index contributed by atoms with van der Waals surface area (Å²) < 4.78 is 68.6. The predicted octanol–water partition coefficient (Wildman–Crippen LogP) is -2.69. The van der Waals surface area contributed by atoms with Gasteiger partial charge in [-0.1, -0.05) is 6.42 Å². The number of alkyl carbamates (subject to hydrolysis) is 1.